The molecule has 2 aliphatic rings. The standard InChI is InChI=1S/C13H23NOS/c1-13(2,3)11-7-9-14(10-8-11)16(4,15)12-5-6-12/h7,12H,4-6,8-10H2,1-3H3. The van der Waals surface area contributed by atoms with Crippen molar-refractivity contribution in [3.05, 3.63) is 11.6 Å². The van der Waals surface area contributed by atoms with Crippen LogP contribution < -0.4 is 0 Å². The Hall–Kier alpha value is -0.280. The highest BCUT2D eigenvalue weighted by atomic mass is 32.2. The molecule has 0 radical (unpaired) electrons. The van der Waals surface area contributed by atoms with Crippen molar-refractivity contribution in [3.63, 3.8) is 0 Å². The van der Waals surface area contributed by atoms with Crippen LogP contribution in [0.2, 0.25) is 0 Å². The third kappa shape index (κ3) is 2.35. The topological polar surface area (TPSA) is 20.3 Å². The second-order valence-electron chi connectivity index (χ2n) is 6.01. The second-order valence-corrected chi connectivity index (χ2v) is 8.57. The first-order valence-corrected chi connectivity index (χ1v) is 7.87. The third-order valence-corrected chi connectivity index (χ3v) is 6.34. The Labute approximate surface area is 99.9 Å². The Balaban J connectivity index is 2.07. The molecule has 16 heavy (non-hydrogen) atoms. The maximum atomic E-state index is 12.4. The van der Waals surface area contributed by atoms with Gasteiger partial charge in [-0.25, -0.2) is 4.31 Å². The predicted molar refractivity (Wildman–Crippen MR) is 72.0 cm³/mol. The van der Waals surface area contributed by atoms with Gasteiger partial charge in [0.25, 0.3) is 0 Å². The normalized spacial score (nSPS) is 27.3. The molecule has 1 aliphatic carbocycles. The zero-order valence-corrected chi connectivity index (χ0v) is 11.5. The van der Waals surface area contributed by atoms with Crippen molar-refractivity contribution in [3.8, 4) is 0 Å². The van der Waals surface area contributed by atoms with E-state index in [1.165, 1.54) is 5.57 Å². The highest BCUT2D eigenvalue weighted by Crippen LogP contribution is 2.35. The summed E-state index contributed by atoms with van der Waals surface area (Å²) in [5, 5.41) is 0.372. The van der Waals surface area contributed by atoms with E-state index >= 15 is 0 Å². The maximum Gasteiger partial charge on any atom is 0.0405 e. The van der Waals surface area contributed by atoms with Crippen molar-refractivity contribution in [2.75, 3.05) is 13.1 Å². The van der Waals surface area contributed by atoms with E-state index in [9.17, 15) is 4.21 Å². The minimum Gasteiger partial charge on any atom is -0.252 e. The van der Waals surface area contributed by atoms with Crippen LogP contribution in [0.1, 0.15) is 40.0 Å². The first-order valence-electron chi connectivity index (χ1n) is 6.12. The van der Waals surface area contributed by atoms with Crippen LogP contribution in [0.15, 0.2) is 11.6 Å². The van der Waals surface area contributed by atoms with Crippen LogP contribution >= 0.6 is 0 Å². The van der Waals surface area contributed by atoms with E-state index in [2.05, 4.69) is 37.0 Å². The minimum atomic E-state index is -1.97. The molecule has 0 aromatic carbocycles. The molecule has 0 saturated heterocycles. The van der Waals surface area contributed by atoms with E-state index in [-0.39, 0.29) is 5.41 Å². The Morgan fingerprint density at radius 1 is 1.44 bits per heavy atom. The van der Waals surface area contributed by atoms with Gasteiger partial charge >= 0.3 is 0 Å². The molecule has 1 saturated carbocycles. The van der Waals surface area contributed by atoms with Gasteiger partial charge in [0.1, 0.15) is 0 Å². The highest BCUT2D eigenvalue weighted by molar-refractivity contribution is 7.99. The lowest BCUT2D eigenvalue weighted by Gasteiger charge is -2.33. The van der Waals surface area contributed by atoms with E-state index in [0.717, 1.165) is 32.4 Å². The summed E-state index contributed by atoms with van der Waals surface area (Å²) >= 11 is 0. The molecule has 1 fully saturated rings. The summed E-state index contributed by atoms with van der Waals surface area (Å²) in [4.78, 5) is 0. The van der Waals surface area contributed by atoms with Crippen molar-refractivity contribution >= 4 is 15.6 Å². The average Bonchev–Trinajstić information content (AvgIpc) is 3.00. The molecule has 1 heterocycles. The molecule has 0 N–H and O–H groups in total. The van der Waals surface area contributed by atoms with Gasteiger partial charge in [-0.05, 0) is 30.5 Å². The summed E-state index contributed by atoms with van der Waals surface area (Å²) in [6, 6.07) is 0. The van der Waals surface area contributed by atoms with Gasteiger partial charge in [-0.15, -0.1) is 0 Å². The molecule has 0 bridgehead atoms. The molecular weight excluding hydrogens is 218 g/mol. The van der Waals surface area contributed by atoms with E-state index in [1.807, 2.05) is 0 Å². The van der Waals surface area contributed by atoms with Gasteiger partial charge in [0, 0.05) is 28.0 Å². The first-order chi connectivity index (χ1) is 7.32. The second kappa shape index (κ2) is 3.88. The molecule has 2 nitrogen and oxygen atoms in total. The minimum absolute atomic E-state index is 0.258. The summed E-state index contributed by atoms with van der Waals surface area (Å²) in [6.07, 6.45) is 5.52. The van der Waals surface area contributed by atoms with Crippen LogP contribution in [0.4, 0.5) is 0 Å². The van der Waals surface area contributed by atoms with Crippen molar-refractivity contribution in [1.29, 1.82) is 0 Å². The molecule has 1 unspecified atom stereocenters. The van der Waals surface area contributed by atoms with Gasteiger partial charge in [0.05, 0.1) is 0 Å². The molecular formula is C13H23NOS. The maximum absolute atomic E-state index is 12.4. The van der Waals surface area contributed by atoms with E-state index in [0.29, 0.717) is 5.25 Å². The summed E-state index contributed by atoms with van der Waals surface area (Å²) in [5.41, 5.74) is 1.75. The number of hydrogen-bond acceptors (Lipinski definition) is 1. The van der Waals surface area contributed by atoms with Gasteiger partial charge in [0.2, 0.25) is 0 Å². The molecule has 0 aromatic rings. The monoisotopic (exact) mass is 241 g/mol. The van der Waals surface area contributed by atoms with Crippen molar-refractivity contribution in [2.45, 2.75) is 45.3 Å². The fourth-order valence-electron chi connectivity index (χ4n) is 2.26. The Kier molecular flexibility index (Phi) is 2.96. The zero-order valence-electron chi connectivity index (χ0n) is 10.7. The highest BCUT2D eigenvalue weighted by Gasteiger charge is 2.35. The van der Waals surface area contributed by atoms with E-state index < -0.39 is 9.71 Å². The van der Waals surface area contributed by atoms with Crippen LogP contribution in [-0.2, 0) is 9.71 Å². The van der Waals surface area contributed by atoms with Crippen LogP contribution in [0.25, 0.3) is 0 Å². The van der Waals surface area contributed by atoms with Gasteiger partial charge in [-0.2, -0.15) is 0 Å². The summed E-state index contributed by atoms with van der Waals surface area (Å²) in [6.45, 7) is 8.48. The molecule has 1 aliphatic heterocycles. The largest absolute Gasteiger partial charge is 0.252 e. The Morgan fingerprint density at radius 3 is 2.44 bits per heavy atom. The first kappa shape index (κ1) is 12.2. The van der Waals surface area contributed by atoms with Gasteiger partial charge in [-0.3, -0.25) is 4.21 Å². The summed E-state index contributed by atoms with van der Waals surface area (Å²) < 4.78 is 14.5. The fraction of sp³-hybridized carbons (Fsp3) is 0.769. The quantitative estimate of drug-likeness (QED) is 0.537. The number of nitrogens with zero attached hydrogens (tertiary/aromatic N) is 1. The smallest absolute Gasteiger partial charge is 0.0405 e. The van der Waals surface area contributed by atoms with E-state index in [1.54, 1.807) is 0 Å². The van der Waals surface area contributed by atoms with Crippen LogP contribution in [0.3, 0.4) is 0 Å². The molecule has 0 spiro atoms. The van der Waals surface area contributed by atoms with Gasteiger partial charge < -0.3 is 0 Å². The number of rotatable bonds is 2. The van der Waals surface area contributed by atoms with Crippen LogP contribution in [0.5, 0.6) is 0 Å². The average molecular weight is 241 g/mol. The van der Waals surface area contributed by atoms with Crippen molar-refractivity contribution < 1.29 is 4.21 Å². The molecule has 2 rings (SSSR count). The zero-order chi connectivity index (χ0) is 12.0. The van der Waals surface area contributed by atoms with Crippen molar-refractivity contribution in [2.24, 2.45) is 5.41 Å². The van der Waals surface area contributed by atoms with E-state index in [4.69, 9.17) is 0 Å². The summed E-state index contributed by atoms with van der Waals surface area (Å²) in [5.74, 6) is 3.97. The molecule has 1 atom stereocenters. The lowest BCUT2D eigenvalue weighted by atomic mass is 9.83. The lowest BCUT2D eigenvalue weighted by molar-refractivity contribution is 0.405. The van der Waals surface area contributed by atoms with Crippen LogP contribution in [-0.4, -0.2) is 32.7 Å². The van der Waals surface area contributed by atoms with Crippen molar-refractivity contribution in [1.82, 2.24) is 4.31 Å². The molecule has 0 amide bonds. The summed E-state index contributed by atoms with van der Waals surface area (Å²) in [7, 11) is -1.97. The third-order valence-electron chi connectivity index (χ3n) is 3.62. The van der Waals surface area contributed by atoms with Crippen LogP contribution in [0, 0.1) is 5.41 Å². The molecule has 92 valence electrons. The predicted octanol–water partition coefficient (Wildman–Crippen LogP) is 2.46. The SMILES string of the molecule is C=S(=O)(C1CC1)N1CC=C(C(C)(C)C)CC1. The Morgan fingerprint density at radius 2 is 2.06 bits per heavy atom. The fourth-order valence-corrected chi connectivity index (χ4v) is 4.28. The molecule has 3 heteroatoms. The Bertz CT molecular complexity index is 396. The number of hydrogen-bond donors (Lipinski definition) is 0. The molecule has 0 aromatic heterocycles. The van der Waals surface area contributed by atoms with Gasteiger partial charge in [0.15, 0.2) is 0 Å². The lowest BCUT2D eigenvalue weighted by Crippen LogP contribution is -2.38. The van der Waals surface area contributed by atoms with Gasteiger partial charge in [-0.1, -0.05) is 32.4 Å².